The topological polar surface area (TPSA) is 21.6 Å². The van der Waals surface area contributed by atoms with Crippen molar-refractivity contribution in [2.45, 2.75) is 6.32 Å². The molecule has 1 aromatic carbocycles. The summed E-state index contributed by atoms with van der Waals surface area (Å²) in [5.41, 5.74) is 1.76. The van der Waals surface area contributed by atoms with E-state index in [0.29, 0.717) is 6.32 Å². The molecule has 0 bridgehead atoms. The first-order valence-electron chi connectivity index (χ1n) is 3.74. The molecule has 2 nitrogen and oxygen atoms in total. The zero-order valence-corrected chi connectivity index (χ0v) is 7.03. The first-order chi connectivity index (χ1) is 5.88. The Morgan fingerprint density at radius 2 is 2.08 bits per heavy atom. The zero-order valence-electron chi connectivity index (χ0n) is 7.03. The predicted molar refractivity (Wildman–Crippen MR) is 50.5 cm³/mol. The SMILES string of the molecule is [B]C/C(=N\OC)c1ccccc1. The Balaban J connectivity index is 2.88. The van der Waals surface area contributed by atoms with E-state index in [0.717, 1.165) is 11.3 Å². The van der Waals surface area contributed by atoms with Crippen LogP contribution in [-0.2, 0) is 4.84 Å². The second kappa shape index (κ2) is 4.60. The maximum absolute atomic E-state index is 5.48. The first-order valence-corrected chi connectivity index (χ1v) is 3.74. The van der Waals surface area contributed by atoms with E-state index in [1.54, 1.807) is 0 Å². The quantitative estimate of drug-likeness (QED) is 0.373. The van der Waals surface area contributed by atoms with Gasteiger partial charge in [-0.3, -0.25) is 0 Å². The van der Waals surface area contributed by atoms with E-state index in [1.807, 2.05) is 30.3 Å². The monoisotopic (exact) mass is 159 g/mol. The molecule has 12 heavy (non-hydrogen) atoms. The highest BCUT2D eigenvalue weighted by Crippen LogP contribution is 2.03. The molecule has 0 aliphatic rings. The van der Waals surface area contributed by atoms with Crippen LogP contribution in [0, 0.1) is 0 Å². The highest BCUT2D eigenvalue weighted by Gasteiger charge is 1.98. The average Bonchev–Trinajstić information content (AvgIpc) is 2.15. The van der Waals surface area contributed by atoms with E-state index in [-0.39, 0.29) is 0 Å². The number of oxime groups is 1. The molecule has 0 fully saturated rings. The van der Waals surface area contributed by atoms with Crippen molar-refractivity contribution in [2.24, 2.45) is 5.16 Å². The van der Waals surface area contributed by atoms with E-state index in [4.69, 9.17) is 7.85 Å². The summed E-state index contributed by atoms with van der Waals surface area (Å²) in [5.74, 6) is 0. The molecule has 0 aliphatic heterocycles. The lowest BCUT2D eigenvalue weighted by atomic mass is 9.95. The Hall–Kier alpha value is -1.25. The number of benzene rings is 1. The molecule has 60 valence electrons. The molecule has 2 radical (unpaired) electrons. The first kappa shape index (κ1) is 8.85. The van der Waals surface area contributed by atoms with Crippen LogP contribution in [-0.4, -0.2) is 20.7 Å². The van der Waals surface area contributed by atoms with Crippen molar-refractivity contribution >= 4 is 13.6 Å². The largest absolute Gasteiger partial charge is 0.399 e. The van der Waals surface area contributed by atoms with Gasteiger partial charge in [0.25, 0.3) is 0 Å². The van der Waals surface area contributed by atoms with Crippen molar-refractivity contribution < 1.29 is 4.84 Å². The van der Waals surface area contributed by atoms with Crippen molar-refractivity contribution in [2.75, 3.05) is 7.11 Å². The maximum Gasteiger partial charge on any atom is 0.106 e. The lowest BCUT2D eigenvalue weighted by Gasteiger charge is -2.01. The second-order valence-corrected chi connectivity index (χ2v) is 2.29. The van der Waals surface area contributed by atoms with Gasteiger partial charge >= 0.3 is 0 Å². The van der Waals surface area contributed by atoms with Gasteiger partial charge in [-0.1, -0.05) is 35.5 Å². The van der Waals surface area contributed by atoms with Gasteiger partial charge in [0.2, 0.25) is 0 Å². The van der Waals surface area contributed by atoms with Crippen molar-refractivity contribution in [3.63, 3.8) is 0 Å². The van der Waals surface area contributed by atoms with Gasteiger partial charge in [-0.05, 0) is 11.9 Å². The van der Waals surface area contributed by atoms with Crippen molar-refractivity contribution in [1.29, 1.82) is 0 Å². The van der Waals surface area contributed by atoms with Crippen molar-refractivity contribution in [3.8, 4) is 0 Å². The summed E-state index contributed by atoms with van der Waals surface area (Å²) < 4.78 is 0. The lowest BCUT2D eigenvalue weighted by molar-refractivity contribution is 0.213. The van der Waals surface area contributed by atoms with Gasteiger partial charge in [0, 0.05) is 0 Å². The second-order valence-electron chi connectivity index (χ2n) is 2.29. The molecule has 0 spiro atoms. The van der Waals surface area contributed by atoms with Crippen LogP contribution in [0.3, 0.4) is 0 Å². The van der Waals surface area contributed by atoms with Crippen molar-refractivity contribution in [3.05, 3.63) is 35.9 Å². The van der Waals surface area contributed by atoms with Crippen LogP contribution in [0.5, 0.6) is 0 Å². The molecule has 0 N–H and O–H groups in total. The van der Waals surface area contributed by atoms with Crippen molar-refractivity contribution in [1.82, 2.24) is 0 Å². The van der Waals surface area contributed by atoms with Gasteiger partial charge in [0.05, 0.1) is 13.6 Å². The third kappa shape index (κ3) is 2.12. The molecule has 0 atom stereocenters. The Labute approximate surface area is 73.6 Å². The predicted octanol–water partition coefficient (Wildman–Crippen LogP) is 1.62. The summed E-state index contributed by atoms with van der Waals surface area (Å²) in [5, 5.41) is 3.80. The molecule has 0 amide bonds. The van der Waals surface area contributed by atoms with Gasteiger partial charge < -0.3 is 4.84 Å². The Kier molecular flexibility index (Phi) is 3.39. The summed E-state index contributed by atoms with van der Waals surface area (Å²) in [7, 11) is 6.99. The highest BCUT2D eigenvalue weighted by molar-refractivity contribution is 6.25. The lowest BCUT2D eigenvalue weighted by Crippen LogP contribution is -1.99. The number of hydrogen-bond acceptors (Lipinski definition) is 2. The Bertz CT molecular complexity index is 258. The molecule has 3 heteroatoms. The van der Waals surface area contributed by atoms with Crippen LogP contribution in [0.1, 0.15) is 5.56 Å². The summed E-state index contributed by atoms with van der Waals surface area (Å²) in [6.45, 7) is 0. The third-order valence-electron chi connectivity index (χ3n) is 1.50. The minimum absolute atomic E-state index is 0.387. The summed E-state index contributed by atoms with van der Waals surface area (Å²) in [4.78, 5) is 4.66. The smallest absolute Gasteiger partial charge is 0.106 e. The molecule has 0 aromatic heterocycles. The number of rotatable bonds is 3. The fourth-order valence-corrected chi connectivity index (χ4v) is 0.949. The van der Waals surface area contributed by atoms with Crippen LogP contribution in [0.15, 0.2) is 35.5 Å². The fourth-order valence-electron chi connectivity index (χ4n) is 0.949. The molecule has 0 aliphatic carbocycles. The molecule has 1 aromatic rings. The maximum atomic E-state index is 5.48. The normalized spacial score (nSPS) is 11.2. The molecule has 0 saturated carbocycles. The highest BCUT2D eigenvalue weighted by atomic mass is 16.6. The Morgan fingerprint density at radius 3 is 2.58 bits per heavy atom. The van der Waals surface area contributed by atoms with E-state index >= 15 is 0 Å². The summed E-state index contributed by atoms with van der Waals surface area (Å²) in [6, 6.07) is 9.73. The molecule has 0 saturated heterocycles. The minimum Gasteiger partial charge on any atom is -0.399 e. The summed E-state index contributed by atoms with van der Waals surface area (Å²) >= 11 is 0. The van der Waals surface area contributed by atoms with Gasteiger partial charge in [0.1, 0.15) is 7.11 Å². The zero-order chi connectivity index (χ0) is 8.81. The van der Waals surface area contributed by atoms with Gasteiger partial charge in [-0.25, -0.2) is 0 Å². The standard InChI is InChI=1S/C9H10BNO/c1-12-11-9(7-10)8-5-3-2-4-6-8/h2-6H,7H2,1H3/b11-9+. The van der Waals surface area contributed by atoms with E-state index in [2.05, 4.69) is 9.99 Å². The van der Waals surface area contributed by atoms with E-state index in [1.165, 1.54) is 7.11 Å². The molecular formula is C9H10BNO. The van der Waals surface area contributed by atoms with Crippen LogP contribution < -0.4 is 0 Å². The van der Waals surface area contributed by atoms with Gasteiger partial charge in [0.15, 0.2) is 0 Å². The average molecular weight is 159 g/mol. The number of hydrogen-bond donors (Lipinski definition) is 0. The fraction of sp³-hybridized carbons (Fsp3) is 0.222. The van der Waals surface area contributed by atoms with Crippen LogP contribution in [0.4, 0.5) is 0 Å². The molecule has 1 rings (SSSR count). The van der Waals surface area contributed by atoms with E-state index in [9.17, 15) is 0 Å². The van der Waals surface area contributed by atoms with Crippen LogP contribution in [0.25, 0.3) is 0 Å². The molecular weight excluding hydrogens is 149 g/mol. The number of nitrogens with zero attached hydrogens (tertiary/aromatic N) is 1. The van der Waals surface area contributed by atoms with Gasteiger partial charge in [-0.2, -0.15) is 0 Å². The van der Waals surface area contributed by atoms with Gasteiger partial charge in [-0.15, -0.1) is 0 Å². The molecule has 0 heterocycles. The summed E-state index contributed by atoms with van der Waals surface area (Å²) in [6.07, 6.45) is 0.387. The Morgan fingerprint density at radius 1 is 1.42 bits per heavy atom. The minimum atomic E-state index is 0.387. The van der Waals surface area contributed by atoms with Crippen LogP contribution >= 0.6 is 0 Å². The molecule has 0 unspecified atom stereocenters. The van der Waals surface area contributed by atoms with Crippen LogP contribution in [0.2, 0.25) is 6.32 Å². The van der Waals surface area contributed by atoms with E-state index < -0.39 is 0 Å². The third-order valence-corrected chi connectivity index (χ3v) is 1.50.